The van der Waals surface area contributed by atoms with Crippen LogP contribution in [0, 0.1) is 11.3 Å². The Balaban J connectivity index is 0. The molecule has 0 saturated heterocycles. The van der Waals surface area contributed by atoms with Crippen LogP contribution in [-0.4, -0.2) is 40.6 Å². The van der Waals surface area contributed by atoms with Crippen molar-refractivity contribution in [3.63, 3.8) is 0 Å². The first-order valence-corrected chi connectivity index (χ1v) is 14.6. The molecule has 0 bridgehead atoms. The molecule has 6 nitrogen and oxygen atoms in total. The smallest absolute Gasteiger partial charge is 0.348 e. The summed E-state index contributed by atoms with van der Waals surface area (Å²) >= 11 is 0. The number of amides is 2. The zero-order valence-electron chi connectivity index (χ0n) is 28.4. The molecule has 0 radical (unpaired) electrons. The highest BCUT2D eigenvalue weighted by Crippen LogP contribution is 2.44. The van der Waals surface area contributed by atoms with Crippen molar-refractivity contribution >= 4 is 29.0 Å². The van der Waals surface area contributed by atoms with Gasteiger partial charge < -0.3 is 10.6 Å². The van der Waals surface area contributed by atoms with Gasteiger partial charge in [0.15, 0.2) is 0 Å². The number of hydrogen-bond donors (Lipinski definition) is 2. The molecule has 0 atom stereocenters. The third kappa shape index (κ3) is 21.0. The van der Waals surface area contributed by atoms with Crippen LogP contribution in [0.3, 0.4) is 0 Å². The Morgan fingerprint density at radius 2 is 1.13 bits per heavy atom. The maximum absolute atomic E-state index is 12.6. The van der Waals surface area contributed by atoms with E-state index in [2.05, 4.69) is 10.6 Å². The van der Waals surface area contributed by atoms with Crippen molar-refractivity contribution in [1.29, 1.82) is 0 Å². The molecule has 2 rings (SSSR count). The molecular weight excluding hydrogens is 581 g/mol. The molecule has 1 aromatic carbocycles. The largest absolute Gasteiger partial charge is 0.413 e. The molecule has 0 spiro atoms. The number of rotatable bonds is 6. The fraction of sp³-hybridized carbons (Fsp3) is 0.556. The number of nitrogens with one attached hydrogen (secondary N) is 2. The van der Waals surface area contributed by atoms with Crippen LogP contribution < -0.4 is 10.6 Å². The molecule has 1 aliphatic carbocycles. The minimum Gasteiger partial charge on any atom is -0.348 e. The van der Waals surface area contributed by atoms with E-state index < -0.39 is 40.3 Å². The number of allylic oxidation sites excluding steroid dienone is 4. The van der Waals surface area contributed by atoms with E-state index in [9.17, 15) is 32.3 Å². The Bertz CT molecular complexity index is 1230. The first kappa shape index (κ1) is 43.6. The second-order valence-electron chi connectivity index (χ2n) is 14.2. The lowest BCUT2D eigenvalue weighted by atomic mass is 9.88. The summed E-state index contributed by atoms with van der Waals surface area (Å²) in [7, 11) is 0. The maximum Gasteiger partial charge on any atom is 0.413 e. The topological polar surface area (TPSA) is 92.3 Å². The number of benzene rings is 1. The van der Waals surface area contributed by atoms with Crippen molar-refractivity contribution in [2.45, 2.75) is 121 Å². The molecule has 0 aromatic heterocycles. The van der Waals surface area contributed by atoms with E-state index in [-0.39, 0.29) is 24.7 Å². The number of Topliss-reactive ketones (excluding diaryl/α,β-unsaturated/α-hetero) is 1. The molecule has 9 heteroatoms. The Morgan fingerprint density at radius 3 is 1.47 bits per heavy atom. The van der Waals surface area contributed by atoms with Crippen LogP contribution in [0.25, 0.3) is 5.57 Å². The summed E-state index contributed by atoms with van der Waals surface area (Å²) in [4.78, 5) is 45.5. The number of hydrogen-bond acceptors (Lipinski definition) is 4. The van der Waals surface area contributed by atoms with Crippen LogP contribution in [-0.2, 0) is 19.2 Å². The minimum atomic E-state index is -4.39. The van der Waals surface area contributed by atoms with Gasteiger partial charge in [-0.2, -0.15) is 13.2 Å². The van der Waals surface area contributed by atoms with Gasteiger partial charge in [-0.05, 0) is 98.3 Å². The van der Waals surface area contributed by atoms with Crippen molar-refractivity contribution < 1.29 is 32.3 Å². The van der Waals surface area contributed by atoms with Crippen LogP contribution in [0.15, 0.2) is 59.7 Å². The molecule has 0 aliphatic heterocycles. The number of carbonyl (C=O) groups is 4. The number of halogens is 3. The maximum atomic E-state index is 12.6. The first-order valence-electron chi connectivity index (χ1n) is 14.6. The molecule has 0 unspecified atom stereocenters. The molecule has 1 fully saturated rings. The second kappa shape index (κ2) is 17.9. The minimum absolute atomic E-state index is 0. The Morgan fingerprint density at radius 1 is 0.711 bits per heavy atom. The predicted molar refractivity (Wildman–Crippen MR) is 178 cm³/mol. The van der Waals surface area contributed by atoms with Gasteiger partial charge in [0.1, 0.15) is 0 Å². The van der Waals surface area contributed by atoms with Crippen molar-refractivity contribution in [2.24, 2.45) is 11.3 Å². The molecule has 254 valence electrons. The van der Waals surface area contributed by atoms with Gasteiger partial charge in [-0.25, -0.2) is 0 Å². The van der Waals surface area contributed by atoms with Gasteiger partial charge in [0, 0.05) is 34.2 Å². The van der Waals surface area contributed by atoms with Crippen molar-refractivity contribution in [1.82, 2.24) is 10.6 Å². The van der Waals surface area contributed by atoms with Crippen LogP contribution in [0.2, 0.25) is 0 Å². The fourth-order valence-electron chi connectivity index (χ4n) is 3.46. The molecule has 45 heavy (non-hydrogen) atoms. The van der Waals surface area contributed by atoms with Gasteiger partial charge in [-0.1, -0.05) is 64.1 Å². The Hall–Kier alpha value is -3.49. The van der Waals surface area contributed by atoms with Crippen LogP contribution in [0.5, 0.6) is 0 Å². The van der Waals surface area contributed by atoms with Gasteiger partial charge in [-0.15, -0.1) is 0 Å². The Kier molecular flexibility index (Phi) is 17.3. The van der Waals surface area contributed by atoms with Crippen molar-refractivity contribution in [2.75, 3.05) is 0 Å². The number of ketones is 2. The van der Waals surface area contributed by atoms with Crippen LogP contribution >= 0.6 is 0 Å². The summed E-state index contributed by atoms with van der Waals surface area (Å²) < 4.78 is 37.7. The van der Waals surface area contributed by atoms with Crippen molar-refractivity contribution in [3.8, 4) is 0 Å². The van der Waals surface area contributed by atoms with Gasteiger partial charge in [-0.3, -0.25) is 19.2 Å². The monoisotopic (exact) mass is 636 g/mol. The first-order chi connectivity index (χ1) is 19.7. The van der Waals surface area contributed by atoms with Crippen LogP contribution in [0.4, 0.5) is 13.2 Å². The average molecular weight is 637 g/mol. The molecule has 2 N–H and O–H groups in total. The summed E-state index contributed by atoms with van der Waals surface area (Å²) in [5, 5.41) is 5.39. The normalized spacial score (nSPS) is 13.8. The third-order valence-corrected chi connectivity index (χ3v) is 5.53. The highest BCUT2D eigenvalue weighted by Gasteiger charge is 2.43. The second-order valence-corrected chi connectivity index (χ2v) is 14.2. The van der Waals surface area contributed by atoms with Gasteiger partial charge in [0.2, 0.25) is 23.4 Å². The Labute approximate surface area is 269 Å². The zero-order chi connectivity index (χ0) is 34.7. The summed E-state index contributed by atoms with van der Waals surface area (Å²) in [6.45, 7) is 21.8. The highest BCUT2D eigenvalue weighted by atomic mass is 19.4. The molecule has 0 heterocycles. The van der Waals surface area contributed by atoms with Crippen LogP contribution in [0.1, 0.15) is 109 Å². The summed E-state index contributed by atoms with van der Waals surface area (Å²) in [5.41, 5.74) is 0.933. The van der Waals surface area contributed by atoms with Gasteiger partial charge in [0.25, 0.3) is 0 Å². The molecular formula is C36H55F3N2O4. The molecule has 1 saturated carbocycles. The third-order valence-electron chi connectivity index (χ3n) is 5.53. The average Bonchev–Trinajstić information content (AvgIpc) is 3.64. The molecule has 1 aliphatic rings. The van der Waals surface area contributed by atoms with E-state index in [1.807, 2.05) is 58.0 Å². The molecule has 2 amide bonds. The van der Waals surface area contributed by atoms with E-state index in [1.165, 1.54) is 6.08 Å². The van der Waals surface area contributed by atoms with E-state index >= 15 is 0 Å². The van der Waals surface area contributed by atoms with E-state index in [0.29, 0.717) is 18.9 Å². The lowest BCUT2D eigenvalue weighted by Crippen LogP contribution is -2.40. The quantitative estimate of drug-likeness (QED) is 0.242. The van der Waals surface area contributed by atoms with Gasteiger partial charge >= 0.3 is 6.18 Å². The lowest BCUT2D eigenvalue weighted by Gasteiger charge is -2.20. The fourth-order valence-corrected chi connectivity index (χ4v) is 3.46. The number of alkyl halides is 3. The van der Waals surface area contributed by atoms with E-state index in [1.54, 1.807) is 61.5 Å². The highest BCUT2D eigenvalue weighted by molar-refractivity contribution is 6.43. The van der Waals surface area contributed by atoms with Gasteiger partial charge in [0.05, 0.1) is 0 Å². The van der Waals surface area contributed by atoms with Crippen molar-refractivity contribution in [3.05, 3.63) is 65.3 Å². The summed E-state index contributed by atoms with van der Waals surface area (Å²) in [6.07, 6.45) is 0.371. The van der Waals surface area contributed by atoms with E-state index in [4.69, 9.17) is 0 Å². The predicted octanol–water partition coefficient (Wildman–Crippen LogP) is 8.58. The zero-order valence-corrected chi connectivity index (χ0v) is 28.4. The summed E-state index contributed by atoms with van der Waals surface area (Å²) in [6, 6.07) is 9.89. The summed E-state index contributed by atoms with van der Waals surface area (Å²) in [5.74, 6) is -1.93. The standard InChI is InChI=1S/C14H19NO.C11H16F3NO.C10H16O2.CH4/c1-11(12-8-6-5-7-9-12)10-13(16)15-14(2,3)4;1-10(2,3)15-9(16)6-8(7-4-5-7)11(12,13)14;1-7(2)6-8(11)9(12)10(3,4)5;/h5-10H,1-4H3,(H,15,16);6-7H,4-5H2,1-3H3,(H,15,16);6H,1-5H3;1H4/b11-10-;8-6+;;. The lowest BCUT2D eigenvalue weighted by molar-refractivity contribution is -0.138. The van der Waals surface area contributed by atoms with E-state index in [0.717, 1.165) is 16.7 Å². The molecule has 1 aromatic rings. The number of carbonyl (C=O) groups excluding carboxylic acids is 4. The SMILES string of the molecule is C.C/C(=C/C(=O)NC(C)(C)C)c1ccccc1.CC(C)(C)NC(=O)/C=C(\C1CC1)C(F)(F)F.CC(C)=CC(=O)C(=O)C(C)(C)C.